The van der Waals surface area contributed by atoms with E-state index in [1.54, 1.807) is 41.7 Å². The third kappa shape index (κ3) is 11.1. The fraction of sp³-hybridized carbons (Fsp3) is 0.357. The van der Waals surface area contributed by atoms with Crippen LogP contribution in [0.5, 0.6) is 0 Å². The number of aromatic nitrogens is 6. The minimum atomic E-state index is -1.78. The predicted octanol–water partition coefficient (Wildman–Crippen LogP) is 8.15. The van der Waals surface area contributed by atoms with Gasteiger partial charge in [-0.3, -0.25) is 9.97 Å². The summed E-state index contributed by atoms with van der Waals surface area (Å²) in [6.45, 7) is 12.4. The molecule has 2 fully saturated rings. The van der Waals surface area contributed by atoms with Gasteiger partial charge in [0.15, 0.2) is 16.8 Å². The highest BCUT2D eigenvalue weighted by molar-refractivity contribution is 6.58. The van der Waals surface area contributed by atoms with Crippen LogP contribution in [0.25, 0.3) is 32.8 Å². The molecule has 0 spiro atoms. The van der Waals surface area contributed by atoms with Crippen molar-refractivity contribution in [3.8, 4) is 11.3 Å². The smallest absolute Gasteiger partial charge is 0.444 e. The molecule has 320 valence electrons. The van der Waals surface area contributed by atoms with Crippen molar-refractivity contribution in [2.75, 3.05) is 36.0 Å². The highest BCUT2D eigenvalue weighted by Crippen LogP contribution is 2.35. The molecule has 1 amide bonds. The molecule has 61 heavy (non-hydrogen) atoms. The molecule has 13 nitrogen and oxygen atoms in total. The molecule has 2 aliphatic heterocycles. The van der Waals surface area contributed by atoms with E-state index in [-0.39, 0.29) is 22.6 Å². The van der Waals surface area contributed by atoms with Gasteiger partial charge < -0.3 is 29.5 Å². The summed E-state index contributed by atoms with van der Waals surface area (Å²) in [5, 5.41) is 38.7. The molecule has 8 rings (SSSR count). The summed E-state index contributed by atoms with van der Waals surface area (Å²) >= 11 is 17.4. The summed E-state index contributed by atoms with van der Waals surface area (Å²) in [7, 11) is -1.78. The Kier molecular flexibility index (Phi) is 14.8. The summed E-state index contributed by atoms with van der Waals surface area (Å²) in [5.74, 6) is 0.391. The predicted molar refractivity (Wildman–Crippen MR) is 237 cm³/mol. The molecule has 0 bridgehead atoms. The maximum atomic E-state index is 14.6. The normalized spacial score (nSPS) is 16.7. The third-order valence-corrected chi connectivity index (χ3v) is 10.9. The number of halogens is 5. The Labute approximate surface area is 367 Å². The highest BCUT2D eigenvalue weighted by Gasteiger charge is 2.32. The van der Waals surface area contributed by atoms with Gasteiger partial charge in [0, 0.05) is 106 Å². The SMILES string of the molecule is C[C@@H]1CCCCN1c1nnc(Cl)c2ccncc12.C[C@@H]1CN(C(=O)OC(C)(C)C)CCN1c1nnc(-c2ccc(Cl)cc2F)c2ccncc12.OB(O)c1ccc(Cl)cc1F. The summed E-state index contributed by atoms with van der Waals surface area (Å²) < 4.78 is 32.8. The monoisotopic (exact) mass is 893 g/mol. The summed E-state index contributed by atoms with van der Waals surface area (Å²) in [5.41, 5.74) is 0.0413. The Morgan fingerprint density at radius 3 is 1.97 bits per heavy atom. The Morgan fingerprint density at radius 2 is 1.36 bits per heavy atom. The van der Waals surface area contributed by atoms with Crippen LogP contribution in [0, 0.1) is 11.6 Å². The first-order chi connectivity index (χ1) is 29.0. The molecule has 0 unspecified atom stereocenters. The van der Waals surface area contributed by atoms with Gasteiger partial charge in [0.2, 0.25) is 0 Å². The second-order valence-corrected chi connectivity index (χ2v) is 16.9. The number of anilines is 2. The van der Waals surface area contributed by atoms with Gasteiger partial charge in [0.1, 0.15) is 22.9 Å². The van der Waals surface area contributed by atoms with Crippen molar-refractivity contribution >= 4 is 86.7 Å². The quantitative estimate of drug-likeness (QED) is 0.164. The Hall–Kier alpha value is -5.00. The van der Waals surface area contributed by atoms with E-state index in [1.165, 1.54) is 37.5 Å². The number of amides is 1. The van der Waals surface area contributed by atoms with Crippen LogP contribution in [-0.4, -0.2) is 102 Å². The van der Waals surface area contributed by atoms with Gasteiger partial charge in [0.25, 0.3) is 0 Å². The zero-order valence-electron chi connectivity index (χ0n) is 34.2. The second-order valence-electron chi connectivity index (χ2n) is 15.7. The lowest BCUT2D eigenvalue weighted by Crippen LogP contribution is -2.55. The topological polar surface area (TPSA) is 154 Å². The molecule has 2 aliphatic rings. The molecule has 2 atom stereocenters. The van der Waals surface area contributed by atoms with Crippen molar-refractivity contribution in [2.45, 2.75) is 71.6 Å². The number of rotatable bonds is 4. The van der Waals surface area contributed by atoms with Crippen molar-refractivity contribution in [3.05, 3.63) is 100 Å². The molecule has 4 aromatic heterocycles. The van der Waals surface area contributed by atoms with E-state index < -0.39 is 24.4 Å². The lowest BCUT2D eigenvalue weighted by Gasteiger charge is -2.40. The molecule has 0 saturated carbocycles. The van der Waals surface area contributed by atoms with Crippen LogP contribution >= 0.6 is 34.8 Å². The molecule has 2 aromatic carbocycles. The van der Waals surface area contributed by atoms with Gasteiger partial charge in [-0.1, -0.05) is 40.9 Å². The van der Waals surface area contributed by atoms with Crippen molar-refractivity contribution in [3.63, 3.8) is 0 Å². The summed E-state index contributed by atoms with van der Waals surface area (Å²) in [4.78, 5) is 27.0. The van der Waals surface area contributed by atoms with E-state index in [9.17, 15) is 13.6 Å². The number of fused-ring (bicyclic) bond motifs is 2. The van der Waals surface area contributed by atoms with Crippen LogP contribution in [0.4, 0.5) is 25.2 Å². The number of carbonyl (C=O) groups is 1. The van der Waals surface area contributed by atoms with Gasteiger partial charge in [-0.15, -0.1) is 20.4 Å². The van der Waals surface area contributed by atoms with Crippen LogP contribution < -0.4 is 15.3 Å². The van der Waals surface area contributed by atoms with Crippen LogP contribution in [-0.2, 0) is 4.74 Å². The number of pyridine rings is 2. The number of nitrogens with zero attached hydrogens (tertiary/aromatic N) is 9. The van der Waals surface area contributed by atoms with E-state index >= 15 is 0 Å². The first-order valence-corrected chi connectivity index (χ1v) is 20.8. The van der Waals surface area contributed by atoms with Gasteiger partial charge in [-0.25, -0.2) is 13.6 Å². The van der Waals surface area contributed by atoms with E-state index in [2.05, 4.69) is 47.1 Å². The lowest BCUT2D eigenvalue weighted by atomic mass is 9.80. The van der Waals surface area contributed by atoms with Crippen LogP contribution in [0.3, 0.4) is 0 Å². The second kappa shape index (κ2) is 19.8. The summed E-state index contributed by atoms with van der Waals surface area (Å²) in [6, 6.07) is 12.3. The summed E-state index contributed by atoms with van der Waals surface area (Å²) in [6.07, 6.45) is 10.3. The van der Waals surface area contributed by atoms with E-state index in [0.717, 1.165) is 40.0 Å². The number of benzene rings is 2. The van der Waals surface area contributed by atoms with Crippen LogP contribution in [0.1, 0.15) is 53.9 Å². The molecular formula is C42H45BCl3F2N9O4. The maximum Gasteiger partial charge on any atom is 0.491 e. The molecular weight excluding hydrogens is 850 g/mol. The number of hydrogen-bond acceptors (Lipinski definition) is 12. The standard InChI is InChI=1S/C23H25ClFN5O2.C13H15ClN4.C6H5BClFO2/c1-14-13-29(22(31)32-23(2,3)4)9-10-30(14)21-18-12-26-8-7-16(18)20(27-28-21)17-6-5-15(24)11-19(17)25;1-9-4-2-3-7-18(9)13-11-8-15-6-5-10(11)12(14)16-17-13;8-4-1-2-5(7(10)11)6(9)3-4/h5-8,11-12,14H,9-10,13H2,1-4H3;5-6,8-9H,2-4,7H2,1H3;1-3,10-11H/t14-;9-;/m11./s1. The maximum absolute atomic E-state index is 14.6. The number of ether oxygens (including phenoxy) is 1. The average Bonchev–Trinajstić information content (AvgIpc) is 3.21. The van der Waals surface area contributed by atoms with Gasteiger partial charge >= 0.3 is 13.2 Å². The molecule has 19 heteroatoms. The minimum absolute atomic E-state index is 0.0212. The Morgan fingerprint density at radius 1 is 0.754 bits per heavy atom. The number of piperazine rings is 1. The average molecular weight is 895 g/mol. The van der Waals surface area contributed by atoms with Crippen LogP contribution in [0.2, 0.25) is 15.2 Å². The van der Waals surface area contributed by atoms with E-state index in [0.29, 0.717) is 52.9 Å². The van der Waals surface area contributed by atoms with Crippen molar-refractivity contribution in [2.24, 2.45) is 0 Å². The van der Waals surface area contributed by atoms with Crippen molar-refractivity contribution in [1.82, 2.24) is 35.3 Å². The van der Waals surface area contributed by atoms with Crippen molar-refractivity contribution < 1.29 is 28.4 Å². The molecule has 6 aromatic rings. The lowest BCUT2D eigenvalue weighted by molar-refractivity contribution is 0.0218. The van der Waals surface area contributed by atoms with Gasteiger partial charge in [0.05, 0.1) is 0 Å². The van der Waals surface area contributed by atoms with E-state index in [4.69, 9.17) is 49.6 Å². The van der Waals surface area contributed by atoms with E-state index in [1.807, 2.05) is 40.0 Å². The Bertz CT molecular complexity index is 2500. The largest absolute Gasteiger partial charge is 0.491 e. The van der Waals surface area contributed by atoms with Crippen LogP contribution in [0.15, 0.2) is 73.3 Å². The minimum Gasteiger partial charge on any atom is -0.444 e. The number of piperidine rings is 1. The highest BCUT2D eigenvalue weighted by atomic mass is 35.5. The van der Waals surface area contributed by atoms with Crippen molar-refractivity contribution in [1.29, 1.82) is 0 Å². The molecule has 2 N–H and O–H groups in total. The molecule has 6 heterocycles. The zero-order valence-corrected chi connectivity index (χ0v) is 36.5. The number of carbonyl (C=O) groups excluding carboxylic acids is 1. The molecule has 0 radical (unpaired) electrons. The third-order valence-electron chi connectivity index (χ3n) is 10.1. The first-order valence-electron chi connectivity index (χ1n) is 19.7. The molecule has 2 saturated heterocycles. The zero-order chi connectivity index (χ0) is 44.0. The fourth-order valence-corrected chi connectivity index (χ4v) is 7.65. The fourth-order valence-electron chi connectivity index (χ4n) is 7.13. The first kappa shape index (κ1) is 45.5. The number of hydrogen-bond donors (Lipinski definition) is 2. The Balaban J connectivity index is 0.000000178. The molecule has 0 aliphatic carbocycles. The van der Waals surface area contributed by atoms with Gasteiger partial charge in [-0.2, -0.15) is 0 Å². The van der Waals surface area contributed by atoms with Gasteiger partial charge in [-0.05, 0) is 96.3 Å².